The van der Waals surface area contributed by atoms with Gasteiger partial charge in [0.25, 0.3) is 0 Å². The zero-order chi connectivity index (χ0) is 15.5. The van der Waals surface area contributed by atoms with Crippen molar-refractivity contribution in [1.29, 1.82) is 0 Å². The Balaban J connectivity index is 2.74. The molecule has 1 rings (SSSR count). The maximum absolute atomic E-state index is 3.97. The summed E-state index contributed by atoms with van der Waals surface area (Å²) in [5.41, 5.74) is 2.72. The molecule has 1 aliphatic rings. The van der Waals surface area contributed by atoms with Gasteiger partial charge in [-0.1, -0.05) is 70.1 Å². The van der Waals surface area contributed by atoms with Gasteiger partial charge in [0.2, 0.25) is 0 Å². The van der Waals surface area contributed by atoms with Crippen molar-refractivity contribution in [3.8, 4) is 0 Å². The molecule has 0 fully saturated rings. The first-order valence-electron chi connectivity index (χ1n) is 8.60. The highest BCUT2D eigenvalue weighted by Crippen LogP contribution is 2.31. The van der Waals surface area contributed by atoms with Gasteiger partial charge >= 0.3 is 0 Å². The molecule has 1 nitrogen and oxygen atoms in total. The standard InChI is InChI=1S/C20H33N/c1-5-8-10-17(6-2)19-11-9-12-20(14-13-19)18(7-3)15-16-21-4/h7,9,11,14-15,17,19,21H,3,5-6,8,10,12-13,16H2,1-2,4H3/b18-15+. The Morgan fingerprint density at radius 2 is 2.29 bits per heavy atom. The molecule has 2 unspecified atom stereocenters. The molecular weight excluding hydrogens is 254 g/mol. The average Bonchev–Trinajstić information content (AvgIpc) is 2.75. The Hall–Kier alpha value is -1.08. The van der Waals surface area contributed by atoms with E-state index < -0.39 is 0 Å². The van der Waals surface area contributed by atoms with E-state index in [1.54, 1.807) is 0 Å². The number of hydrogen-bond acceptors (Lipinski definition) is 1. The molecule has 0 bridgehead atoms. The summed E-state index contributed by atoms with van der Waals surface area (Å²) < 4.78 is 0. The monoisotopic (exact) mass is 287 g/mol. The predicted octanol–water partition coefficient (Wildman–Crippen LogP) is 5.43. The van der Waals surface area contributed by atoms with Crippen LogP contribution < -0.4 is 5.32 Å². The minimum absolute atomic E-state index is 0.717. The van der Waals surface area contributed by atoms with Gasteiger partial charge in [-0.3, -0.25) is 0 Å². The van der Waals surface area contributed by atoms with Crippen molar-refractivity contribution in [3.63, 3.8) is 0 Å². The largest absolute Gasteiger partial charge is 0.316 e. The van der Waals surface area contributed by atoms with E-state index in [4.69, 9.17) is 0 Å². The lowest BCUT2D eigenvalue weighted by atomic mass is 9.83. The smallest absolute Gasteiger partial charge is 0.0140 e. The Bertz CT molecular complexity index is 387. The van der Waals surface area contributed by atoms with Crippen LogP contribution in [0.25, 0.3) is 0 Å². The van der Waals surface area contributed by atoms with Crippen molar-refractivity contribution in [3.05, 3.63) is 48.1 Å². The molecule has 0 spiro atoms. The van der Waals surface area contributed by atoms with Gasteiger partial charge in [-0.2, -0.15) is 0 Å². The van der Waals surface area contributed by atoms with Crippen molar-refractivity contribution in [2.75, 3.05) is 13.6 Å². The minimum Gasteiger partial charge on any atom is -0.316 e. The first-order valence-corrected chi connectivity index (χ1v) is 8.60. The normalized spacial score (nSPS) is 20.8. The summed E-state index contributed by atoms with van der Waals surface area (Å²) in [5, 5.41) is 3.18. The van der Waals surface area contributed by atoms with Gasteiger partial charge in [0.05, 0.1) is 0 Å². The molecule has 118 valence electrons. The van der Waals surface area contributed by atoms with E-state index in [1.807, 2.05) is 13.1 Å². The quantitative estimate of drug-likeness (QED) is 0.440. The second-order valence-corrected chi connectivity index (χ2v) is 5.99. The Morgan fingerprint density at radius 3 is 2.90 bits per heavy atom. The fourth-order valence-corrected chi connectivity index (χ4v) is 3.14. The summed E-state index contributed by atoms with van der Waals surface area (Å²) in [6, 6.07) is 0. The van der Waals surface area contributed by atoms with Crippen LogP contribution in [0.2, 0.25) is 0 Å². The topological polar surface area (TPSA) is 12.0 Å². The Labute approximate surface area is 131 Å². The highest BCUT2D eigenvalue weighted by Gasteiger charge is 2.18. The molecule has 0 saturated carbocycles. The zero-order valence-corrected chi connectivity index (χ0v) is 14.2. The lowest BCUT2D eigenvalue weighted by Crippen LogP contribution is -2.11. The summed E-state index contributed by atoms with van der Waals surface area (Å²) in [7, 11) is 1.98. The number of hydrogen-bond donors (Lipinski definition) is 1. The van der Waals surface area contributed by atoms with Crippen LogP contribution in [0.5, 0.6) is 0 Å². The number of likely N-dealkylation sites (N-methyl/N-ethyl adjacent to an activating group) is 1. The number of rotatable bonds is 9. The van der Waals surface area contributed by atoms with Crippen LogP contribution >= 0.6 is 0 Å². The van der Waals surface area contributed by atoms with E-state index in [1.165, 1.54) is 43.3 Å². The van der Waals surface area contributed by atoms with E-state index >= 15 is 0 Å². The van der Waals surface area contributed by atoms with Gasteiger partial charge in [0.15, 0.2) is 0 Å². The molecule has 21 heavy (non-hydrogen) atoms. The van der Waals surface area contributed by atoms with Gasteiger partial charge in [0.1, 0.15) is 0 Å². The molecule has 0 aromatic carbocycles. The van der Waals surface area contributed by atoms with E-state index in [-0.39, 0.29) is 0 Å². The van der Waals surface area contributed by atoms with Crippen molar-refractivity contribution in [1.82, 2.24) is 5.32 Å². The molecule has 0 amide bonds. The van der Waals surface area contributed by atoms with Crippen LogP contribution in [0.3, 0.4) is 0 Å². The first-order chi connectivity index (χ1) is 10.3. The summed E-state index contributed by atoms with van der Waals surface area (Å²) in [6.45, 7) is 9.50. The molecule has 0 aromatic heterocycles. The van der Waals surface area contributed by atoms with Gasteiger partial charge < -0.3 is 5.32 Å². The summed E-state index contributed by atoms with van der Waals surface area (Å²) in [6.07, 6.45) is 19.1. The highest BCUT2D eigenvalue weighted by atomic mass is 14.8. The van der Waals surface area contributed by atoms with Gasteiger partial charge in [-0.05, 0) is 49.3 Å². The van der Waals surface area contributed by atoms with Crippen LogP contribution in [0.4, 0.5) is 0 Å². The van der Waals surface area contributed by atoms with E-state index in [0.717, 1.165) is 24.8 Å². The summed E-state index contributed by atoms with van der Waals surface area (Å²) in [4.78, 5) is 0. The van der Waals surface area contributed by atoms with E-state index in [2.05, 4.69) is 50.0 Å². The third-order valence-electron chi connectivity index (χ3n) is 4.53. The third kappa shape index (κ3) is 6.05. The van der Waals surface area contributed by atoms with Gasteiger partial charge in [0, 0.05) is 6.54 Å². The molecule has 2 atom stereocenters. The van der Waals surface area contributed by atoms with Crippen LogP contribution in [0.1, 0.15) is 52.4 Å². The van der Waals surface area contributed by atoms with Crippen LogP contribution in [0.15, 0.2) is 48.1 Å². The molecule has 0 aromatic rings. The number of allylic oxidation sites excluding steroid dienone is 6. The second kappa shape index (κ2) is 10.6. The molecular formula is C20H33N. The first kappa shape index (κ1) is 18.0. The number of nitrogens with one attached hydrogen (secondary N) is 1. The van der Waals surface area contributed by atoms with E-state index in [0.29, 0.717) is 0 Å². The summed E-state index contributed by atoms with van der Waals surface area (Å²) >= 11 is 0. The second-order valence-electron chi connectivity index (χ2n) is 5.99. The van der Waals surface area contributed by atoms with Gasteiger partial charge in [-0.25, -0.2) is 0 Å². The average molecular weight is 287 g/mol. The van der Waals surface area contributed by atoms with Gasteiger partial charge in [-0.15, -0.1) is 0 Å². The molecule has 1 aliphatic carbocycles. The molecule has 1 N–H and O–H groups in total. The molecule has 0 radical (unpaired) electrons. The maximum Gasteiger partial charge on any atom is 0.0140 e. The third-order valence-corrected chi connectivity index (χ3v) is 4.53. The fraction of sp³-hybridized carbons (Fsp3) is 0.600. The minimum atomic E-state index is 0.717. The van der Waals surface area contributed by atoms with Crippen molar-refractivity contribution >= 4 is 0 Å². The maximum atomic E-state index is 3.97. The molecule has 0 aliphatic heterocycles. The molecule has 1 heteroatoms. The summed E-state index contributed by atoms with van der Waals surface area (Å²) in [5.74, 6) is 1.56. The van der Waals surface area contributed by atoms with Crippen molar-refractivity contribution in [2.24, 2.45) is 11.8 Å². The number of unbranched alkanes of at least 4 members (excludes halogenated alkanes) is 1. The fourth-order valence-electron chi connectivity index (χ4n) is 3.14. The highest BCUT2D eigenvalue weighted by molar-refractivity contribution is 5.41. The lowest BCUT2D eigenvalue weighted by Gasteiger charge is -2.22. The van der Waals surface area contributed by atoms with Crippen LogP contribution in [0, 0.1) is 11.8 Å². The predicted molar refractivity (Wildman–Crippen MR) is 95.5 cm³/mol. The molecule has 0 heterocycles. The Kier molecular flexibility index (Phi) is 9.09. The van der Waals surface area contributed by atoms with E-state index in [9.17, 15) is 0 Å². The van der Waals surface area contributed by atoms with Crippen LogP contribution in [-0.4, -0.2) is 13.6 Å². The lowest BCUT2D eigenvalue weighted by molar-refractivity contribution is 0.350. The van der Waals surface area contributed by atoms with Crippen molar-refractivity contribution in [2.45, 2.75) is 52.4 Å². The molecule has 0 saturated heterocycles. The Morgan fingerprint density at radius 1 is 1.48 bits per heavy atom. The zero-order valence-electron chi connectivity index (χ0n) is 14.2. The van der Waals surface area contributed by atoms with Crippen LogP contribution in [-0.2, 0) is 0 Å². The van der Waals surface area contributed by atoms with Crippen molar-refractivity contribution < 1.29 is 0 Å². The SMILES string of the molecule is C=C/C(=C\CNC)C1=CCC(C(CC)CCCC)C=CC1.